The van der Waals surface area contributed by atoms with Crippen LogP contribution in [-0.4, -0.2) is 41.9 Å². The first-order chi connectivity index (χ1) is 4.92. The van der Waals surface area contributed by atoms with Gasteiger partial charge in [0.05, 0.1) is 0 Å². The van der Waals surface area contributed by atoms with Crippen molar-refractivity contribution in [3.8, 4) is 0 Å². The van der Waals surface area contributed by atoms with Gasteiger partial charge in [-0.05, 0) is 27.6 Å². The predicted octanol–water partition coefficient (Wildman–Crippen LogP) is 0.990. The molecule has 0 aromatic heterocycles. The molecule has 0 amide bonds. The third kappa shape index (κ3) is 2.91. The predicted molar refractivity (Wildman–Crippen MR) is 46.4 cm³/mol. The maximum Gasteiger partial charge on any atom is 0.342 e. The average molecular weight is 180 g/mol. The van der Waals surface area contributed by atoms with E-state index in [2.05, 4.69) is 0 Å². The molecular formula is C6H17N2O2P. The molecule has 0 radical (unpaired) electrons. The van der Waals surface area contributed by atoms with Crippen LogP contribution in [-0.2, 0) is 4.57 Å². The van der Waals surface area contributed by atoms with E-state index in [-0.39, 0.29) is 0 Å². The van der Waals surface area contributed by atoms with Gasteiger partial charge in [-0.1, -0.05) is 6.92 Å². The van der Waals surface area contributed by atoms with Gasteiger partial charge in [-0.3, -0.25) is 4.57 Å². The number of hydrogen-bond acceptors (Lipinski definition) is 1. The van der Waals surface area contributed by atoms with E-state index in [0.29, 0.717) is 6.54 Å². The molecule has 11 heavy (non-hydrogen) atoms. The zero-order chi connectivity index (χ0) is 9.07. The van der Waals surface area contributed by atoms with Crippen LogP contribution in [0, 0.1) is 0 Å². The molecule has 0 aromatic carbocycles. The van der Waals surface area contributed by atoms with Crippen molar-refractivity contribution in [3.05, 3.63) is 0 Å². The minimum absolute atomic E-state index is 0.645. The maximum atomic E-state index is 11.4. The summed E-state index contributed by atoms with van der Waals surface area (Å²) < 4.78 is 14.2. The summed E-state index contributed by atoms with van der Waals surface area (Å²) in [6.45, 7) is 2.62. The van der Waals surface area contributed by atoms with E-state index >= 15 is 0 Å². The zero-order valence-corrected chi connectivity index (χ0v) is 8.51. The minimum Gasteiger partial charge on any atom is -0.322 e. The molecule has 0 saturated heterocycles. The summed E-state index contributed by atoms with van der Waals surface area (Å²) in [6.07, 6.45) is 0.884. The van der Waals surface area contributed by atoms with Crippen LogP contribution in [0.3, 0.4) is 0 Å². The molecule has 5 heteroatoms. The molecule has 0 rings (SSSR count). The molecule has 0 aliphatic carbocycles. The third-order valence-corrected chi connectivity index (χ3v) is 3.64. The minimum atomic E-state index is -3.21. The molecular weight excluding hydrogens is 163 g/mol. The molecule has 0 fully saturated rings. The second-order valence-corrected chi connectivity index (χ2v) is 5.25. The van der Waals surface area contributed by atoms with Crippen LogP contribution in [0.4, 0.5) is 0 Å². The quantitative estimate of drug-likeness (QED) is 0.655. The molecule has 0 heterocycles. The Morgan fingerprint density at radius 2 is 1.82 bits per heavy atom. The molecule has 4 nitrogen and oxygen atoms in total. The van der Waals surface area contributed by atoms with E-state index in [1.165, 1.54) is 9.34 Å². The van der Waals surface area contributed by atoms with Gasteiger partial charge in [0.25, 0.3) is 0 Å². The smallest absolute Gasteiger partial charge is 0.322 e. The fraction of sp³-hybridized carbons (Fsp3) is 1.00. The molecule has 0 saturated carbocycles. The van der Waals surface area contributed by atoms with Crippen molar-refractivity contribution in [2.75, 3.05) is 27.7 Å². The molecule has 0 spiro atoms. The van der Waals surface area contributed by atoms with Crippen molar-refractivity contribution < 1.29 is 9.46 Å². The Morgan fingerprint density at radius 1 is 1.36 bits per heavy atom. The van der Waals surface area contributed by atoms with Crippen molar-refractivity contribution in [3.63, 3.8) is 0 Å². The fourth-order valence-corrected chi connectivity index (χ4v) is 1.83. The van der Waals surface area contributed by atoms with Gasteiger partial charge in [0.1, 0.15) is 0 Å². The largest absolute Gasteiger partial charge is 0.342 e. The Morgan fingerprint density at radius 3 is 2.09 bits per heavy atom. The second kappa shape index (κ2) is 4.21. The van der Waals surface area contributed by atoms with Crippen molar-refractivity contribution in [2.45, 2.75) is 13.3 Å². The van der Waals surface area contributed by atoms with Gasteiger partial charge in [0.2, 0.25) is 0 Å². The highest BCUT2D eigenvalue weighted by molar-refractivity contribution is 7.52. The Labute approximate surface area is 68.4 Å². The van der Waals surface area contributed by atoms with Gasteiger partial charge in [-0.2, -0.15) is 0 Å². The van der Waals surface area contributed by atoms with E-state index in [1.807, 2.05) is 6.92 Å². The Balaban J connectivity index is 4.18. The van der Waals surface area contributed by atoms with Crippen LogP contribution in [0.15, 0.2) is 0 Å². The monoisotopic (exact) mass is 180 g/mol. The van der Waals surface area contributed by atoms with Gasteiger partial charge in [-0.15, -0.1) is 0 Å². The van der Waals surface area contributed by atoms with Crippen molar-refractivity contribution in [2.24, 2.45) is 0 Å². The SMILES string of the molecule is CCCN(C)P(=O)(O)N(C)C. The van der Waals surface area contributed by atoms with E-state index in [4.69, 9.17) is 0 Å². The highest BCUT2D eigenvalue weighted by atomic mass is 31.2. The van der Waals surface area contributed by atoms with Crippen LogP contribution >= 0.6 is 7.67 Å². The molecule has 1 unspecified atom stereocenters. The van der Waals surface area contributed by atoms with Gasteiger partial charge >= 0.3 is 7.67 Å². The lowest BCUT2D eigenvalue weighted by Gasteiger charge is -2.27. The topological polar surface area (TPSA) is 43.8 Å². The molecule has 0 bridgehead atoms. The summed E-state index contributed by atoms with van der Waals surface area (Å²) >= 11 is 0. The molecule has 68 valence electrons. The summed E-state index contributed by atoms with van der Waals surface area (Å²) in [6, 6.07) is 0. The molecule has 0 aromatic rings. The fourth-order valence-electron chi connectivity index (χ4n) is 0.759. The van der Waals surface area contributed by atoms with Crippen LogP contribution < -0.4 is 0 Å². The molecule has 0 aliphatic heterocycles. The van der Waals surface area contributed by atoms with Crippen LogP contribution in [0.2, 0.25) is 0 Å². The van der Waals surface area contributed by atoms with Gasteiger partial charge < -0.3 is 4.89 Å². The van der Waals surface area contributed by atoms with E-state index in [9.17, 15) is 9.46 Å². The lowest BCUT2D eigenvalue weighted by molar-refractivity contribution is 0.325. The van der Waals surface area contributed by atoms with Crippen molar-refractivity contribution in [1.82, 2.24) is 9.34 Å². The van der Waals surface area contributed by atoms with Crippen molar-refractivity contribution in [1.29, 1.82) is 0 Å². The number of rotatable bonds is 4. The highest BCUT2D eigenvalue weighted by Crippen LogP contribution is 2.45. The number of nitrogens with zero attached hydrogens (tertiary/aromatic N) is 2. The first-order valence-corrected chi connectivity index (χ1v) is 5.21. The zero-order valence-electron chi connectivity index (χ0n) is 7.61. The lowest BCUT2D eigenvalue weighted by Crippen LogP contribution is -2.24. The van der Waals surface area contributed by atoms with Gasteiger partial charge in [-0.25, -0.2) is 9.34 Å². The maximum absolute atomic E-state index is 11.4. The lowest BCUT2D eigenvalue weighted by atomic mass is 10.5. The molecule has 1 N–H and O–H groups in total. The first kappa shape index (κ1) is 11.1. The van der Waals surface area contributed by atoms with E-state index in [0.717, 1.165) is 6.42 Å². The summed E-state index contributed by atoms with van der Waals surface area (Å²) in [4.78, 5) is 9.40. The van der Waals surface area contributed by atoms with Gasteiger partial charge in [0.15, 0.2) is 0 Å². The van der Waals surface area contributed by atoms with E-state index < -0.39 is 7.67 Å². The summed E-state index contributed by atoms with van der Waals surface area (Å²) in [5, 5.41) is 0. The van der Waals surface area contributed by atoms with Crippen LogP contribution in [0.5, 0.6) is 0 Å². The first-order valence-electron chi connectivity index (χ1n) is 3.65. The average Bonchev–Trinajstić information content (AvgIpc) is 1.88. The van der Waals surface area contributed by atoms with Crippen LogP contribution in [0.25, 0.3) is 0 Å². The molecule has 1 atom stereocenters. The summed E-state index contributed by atoms with van der Waals surface area (Å²) in [7, 11) is 1.66. The standard InChI is InChI=1S/C6H17N2O2P/c1-5-6-8(4)11(9,10)7(2)3/h5-6H2,1-4H3,(H,9,10). The second-order valence-electron chi connectivity index (χ2n) is 2.74. The summed E-state index contributed by atoms with van der Waals surface area (Å²) in [5.74, 6) is 0. The van der Waals surface area contributed by atoms with Gasteiger partial charge in [0, 0.05) is 6.54 Å². The molecule has 0 aliphatic rings. The number of hydrogen-bond donors (Lipinski definition) is 1. The van der Waals surface area contributed by atoms with Crippen LogP contribution in [0.1, 0.15) is 13.3 Å². The van der Waals surface area contributed by atoms with Crippen molar-refractivity contribution >= 4 is 7.67 Å². The Kier molecular flexibility index (Phi) is 4.26. The Hall–Kier alpha value is 0.110. The third-order valence-electron chi connectivity index (χ3n) is 1.51. The summed E-state index contributed by atoms with van der Waals surface area (Å²) in [5.41, 5.74) is 0. The normalized spacial score (nSPS) is 17.4. The Bertz CT molecular complexity index is 161. The van der Waals surface area contributed by atoms with E-state index in [1.54, 1.807) is 21.1 Å². The highest BCUT2D eigenvalue weighted by Gasteiger charge is 2.26.